The molecule has 1 aromatic rings. The van der Waals surface area contributed by atoms with Crippen LogP contribution in [0, 0.1) is 17.2 Å². The van der Waals surface area contributed by atoms with Crippen LogP contribution in [0.15, 0.2) is 30.9 Å². The molecule has 0 saturated carbocycles. The van der Waals surface area contributed by atoms with E-state index in [-0.39, 0.29) is 11.7 Å². The van der Waals surface area contributed by atoms with Crippen LogP contribution < -0.4 is 5.73 Å². The molecule has 1 aromatic carbocycles. The fourth-order valence-corrected chi connectivity index (χ4v) is 3.23. The maximum absolute atomic E-state index is 12.2. The Morgan fingerprint density at radius 1 is 1.43 bits per heavy atom. The topological polar surface area (TPSA) is 66.9 Å². The minimum absolute atomic E-state index is 0.0426. The Bertz CT molecular complexity index is 680. The van der Waals surface area contributed by atoms with Gasteiger partial charge in [-0.25, -0.2) is 0 Å². The highest BCUT2D eigenvalue weighted by Gasteiger charge is 2.28. The first-order valence-electron chi connectivity index (χ1n) is 8.29. The van der Waals surface area contributed by atoms with Crippen molar-refractivity contribution in [1.82, 2.24) is 0 Å². The van der Waals surface area contributed by atoms with Crippen molar-refractivity contribution in [2.24, 2.45) is 5.92 Å². The number of hydrogen-bond donors (Lipinski definition) is 1. The van der Waals surface area contributed by atoms with Gasteiger partial charge in [-0.3, -0.25) is 4.79 Å². The van der Waals surface area contributed by atoms with E-state index in [0.29, 0.717) is 18.4 Å². The zero-order valence-electron chi connectivity index (χ0n) is 13.8. The molecule has 1 aliphatic carbocycles. The number of nitrogens with zero attached hydrogens (tertiary/aromatic N) is 1. The van der Waals surface area contributed by atoms with E-state index in [0.717, 1.165) is 48.1 Å². The summed E-state index contributed by atoms with van der Waals surface area (Å²) in [6, 6.07) is 5.84. The van der Waals surface area contributed by atoms with Crippen LogP contribution in [0.25, 0.3) is 5.57 Å². The van der Waals surface area contributed by atoms with Gasteiger partial charge in [0, 0.05) is 17.2 Å². The summed E-state index contributed by atoms with van der Waals surface area (Å²) in [5.74, 6) is 0.0877. The Kier molecular flexibility index (Phi) is 5.76. The number of benzene rings is 1. The number of nitrogens with two attached hydrogens (primary N) is 1. The number of ketones is 1. The summed E-state index contributed by atoms with van der Waals surface area (Å²) in [5, 5.41) is 9.48. The average Bonchev–Trinajstić information content (AvgIpc) is 2.90. The molecule has 0 heterocycles. The van der Waals surface area contributed by atoms with E-state index in [4.69, 9.17) is 5.73 Å². The summed E-state index contributed by atoms with van der Waals surface area (Å²) in [6.07, 6.45) is 8.99. The molecule has 0 bridgehead atoms. The lowest BCUT2D eigenvalue weighted by Crippen LogP contribution is -2.05. The zero-order chi connectivity index (χ0) is 16.8. The van der Waals surface area contributed by atoms with E-state index in [1.54, 1.807) is 18.2 Å². The van der Waals surface area contributed by atoms with Crippen molar-refractivity contribution in [2.45, 2.75) is 45.4 Å². The Labute approximate surface area is 138 Å². The quantitative estimate of drug-likeness (QED) is 0.460. The molecule has 3 heteroatoms. The molecule has 0 radical (unpaired) electrons. The van der Waals surface area contributed by atoms with E-state index in [1.165, 1.54) is 0 Å². The minimum Gasteiger partial charge on any atom is -0.398 e. The summed E-state index contributed by atoms with van der Waals surface area (Å²) in [7, 11) is 0. The molecule has 0 spiro atoms. The van der Waals surface area contributed by atoms with Crippen LogP contribution in [0.4, 0.5) is 5.69 Å². The number of nitrogen functional groups attached to an aromatic ring is 1. The molecule has 0 aliphatic heterocycles. The first kappa shape index (κ1) is 17.0. The van der Waals surface area contributed by atoms with Crippen LogP contribution >= 0.6 is 0 Å². The fourth-order valence-electron chi connectivity index (χ4n) is 3.23. The van der Waals surface area contributed by atoms with Gasteiger partial charge in [0.05, 0.1) is 11.6 Å². The first-order chi connectivity index (χ1) is 11.1. The molecule has 0 amide bonds. The molecule has 3 nitrogen and oxygen atoms in total. The second kappa shape index (κ2) is 7.78. The third-order valence-electron chi connectivity index (χ3n) is 4.46. The summed E-state index contributed by atoms with van der Waals surface area (Å²) >= 11 is 0. The standard InChI is InChI=1S/C20H24N2O/c1-3-5-6-8-17-18(22)10-9-15(13-21)20(17)16-11-14(7-4-2)19(23)12-16/h4,9-10,12,14H,2-3,5-8,11,22H2,1H3. The Hall–Kier alpha value is -2.34. The summed E-state index contributed by atoms with van der Waals surface area (Å²) in [6.45, 7) is 5.88. The number of allylic oxidation sites excluding steroid dienone is 3. The largest absolute Gasteiger partial charge is 0.398 e. The van der Waals surface area contributed by atoms with Crippen molar-refractivity contribution in [3.63, 3.8) is 0 Å². The van der Waals surface area contributed by atoms with Crippen LogP contribution in [0.5, 0.6) is 0 Å². The van der Waals surface area contributed by atoms with E-state index < -0.39 is 0 Å². The monoisotopic (exact) mass is 308 g/mol. The highest BCUT2D eigenvalue weighted by molar-refractivity contribution is 6.04. The molecular weight excluding hydrogens is 284 g/mol. The number of carbonyl (C=O) groups is 1. The SMILES string of the molecule is C=CCC1CC(c2c(C#N)ccc(N)c2CCCCC)=CC1=O. The highest BCUT2D eigenvalue weighted by atomic mass is 16.1. The Balaban J connectivity index is 2.42. The normalized spacial score (nSPS) is 17.0. The van der Waals surface area contributed by atoms with Crippen molar-refractivity contribution in [3.05, 3.63) is 47.6 Å². The number of rotatable bonds is 7. The molecule has 120 valence electrons. The molecule has 0 saturated heterocycles. The zero-order valence-corrected chi connectivity index (χ0v) is 13.8. The van der Waals surface area contributed by atoms with Crippen LogP contribution in [0.2, 0.25) is 0 Å². The Morgan fingerprint density at radius 3 is 2.87 bits per heavy atom. The molecule has 2 rings (SSSR count). The molecule has 1 atom stereocenters. The summed E-state index contributed by atoms with van der Waals surface area (Å²) in [5.41, 5.74) is 10.4. The van der Waals surface area contributed by atoms with Gasteiger partial charge in [0.25, 0.3) is 0 Å². The van der Waals surface area contributed by atoms with E-state index >= 15 is 0 Å². The molecule has 0 fully saturated rings. The number of unbranched alkanes of at least 4 members (excludes halogenated alkanes) is 2. The number of anilines is 1. The van der Waals surface area contributed by atoms with Gasteiger partial charge in [0.1, 0.15) is 0 Å². The van der Waals surface area contributed by atoms with Crippen molar-refractivity contribution in [2.75, 3.05) is 5.73 Å². The molecule has 0 aromatic heterocycles. The van der Waals surface area contributed by atoms with Gasteiger partial charge in [-0.1, -0.05) is 25.8 Å². The van der Waals surface area contributed by atoms with Gasteiger partial charge in [-0.05, 0) is 55.0 Å². The average molecular weight is 308 g/mol. The molecule has 1 unspecified atom stereocenters. The lowest BCUT2D eigenvalue weighted by Gasteiger charge is -2.16. The summed E-state index contributed by atoms with van der Waals surface area (Å²) < 4.78 is 0. The second-order valence-corrected chi connectivity index (χ2v) is 6.12. The molecule has 1 aliphatic rings. The van der Waals surface area contributed by atoms with Crippen LogP contribution in [0.3, 0.4) is 0 Å². The fraction of sp³-hybridized carbons (Fsp3) is 0.400. The van der Waals surface area contributed by atoms with E-state index in [2.05, 4.69) is 19.6 Å². The number of nitriles is 1. The van der Waals surface area contributed by atoms with Crippen molar-refractivity contribution < 1.29 is 4.79 Å². The van der Waals surface area contributed by atoms with Gasteiger partial charge in [0.2, 0.25) is 0 Å². The summed E-state index contributed by atoms with van der Waals surface area (Å²) in [4.78, 5) is 12.2. The lowest BCUT2D eigenvalue weighted by atomic mass is 9.88. The van der Waals surface area contributed by atoms with E-state index in [1.807, 2.05) is 6.07 Å². The van der Waals surface area contributed by atoms with Crippen molar-refractivity contribution in [3.8, 4) is 6.07 Å². The number of carbonyl (C=O) groups excluding carboxylic acids is 1. The predicted octanol–water partition coefficient (Wildman–Crippen LogP) is 4.42. The molecular formula is C20H24N2O. The second-order valence-electron chi connectivity index (χ2n) is 6.12. The van der Waals surface area contributed by atoms with Crippen molar-refractivity contribution >= 4 is 17.0 Å². The first-order valence-corrected chi connectivity index (χ1v) is 8.29. The van der Waals surface area contributed by atoms with Gasteiger partial charge in [-0.2, -0.15) is 5.26 Å². The van der Waals surface area contributed by atoms with Crippen molar-refractivity contribution in [1.29, 1.82) is 5.26 Å². The van der Waals surface area contributed by atoms with Crippen LogP contribution in [0.1, 0.15) is 55.7 Å². The maximum Gasteiger partial charge on any atom is 0.159 e. The molecule has 2 N–H and O–H groups in total. The Morgan fingerprint density at radius 2 is 2.22 bits per heavy atom. The van der Waals surface area contributed by atoms with Gasteiger partial charge in [-0.15, -0.1) is 6.58 Å². The predicted molar refractivity (Wildman–Crippen MR) is 94.7 cm³/mol. The third-order valence-corrected chi connectivity index (χ3v) is 4.46. The smallest absolute Gasteiger partial charge is 0.159 e. The minimum atomic E-state index is -0.0426. The lowest BCUT2D eigenvalue weighted by molar-refractivity contribution is -0.117. The molecule has 23 heavy (non-hydrogen) atoms. The van der Waals surface area contributed by atoms with Gasteiger partial charge < -0.3 is 5.73 Å². The number of hydrogen-bond acceptors (Lipinski definition) is 3. The van der Waals surface area contributed by atoms with Gasteiger partial charge in [0.15, 0.2) is 5.78 Å². The van der Waals surface area contributed by atoms with Crippen LogP contribution in [-0.2, 0) is 11.2 Å². The third kappa shape index (κ3) is 3.71. The van der Waals surface area contributed by atoms with Gasteiger partial charge >= 0.3 is 0 Å². The van der Waals surface area contributed by atoms with Crippen LogP contribution in [-0.4, -0.2) is 5.78 Å². The maximum atomic E-state index is 12.2. The van der Waals surface area contributed by atoms with E-state index in [9.17, 15) is 10.1 Å². The highest BCUT2D eigenvalue weighted by Crippen LogP contribution is 2.37.